The lowest BCUT2D eigenvalue weighted by Gasteiger charge is -2.31. The normalized spacial score (nSPS) is 15.5. The van der Waals surface area contributed by atoms with Gasteiger partial charge in [0, 0.05) is 32.0 Å². The van der Waals surface area contributed by atoms with Gasteiger partial charge < -0.3 is 24.8 Å². The van der Waals surface area contributed by atoms with Gasteiger partial charge in [-0.2, -0.15) is 0 Å². The zero-order valence-corrected chi connectivity index (χ0v) is 19.1. The van der Waals surface area contributed by atoms with E-state index >= 15 is 0 Å². The molecule has 2 aromatic carbocycles. The summed E-state index contributed by atoms with van der Waals surface area (Å²) in [5.41, 5.74) is 4.67. The molecular formula is C26H30N2O6. The molecule has 1 aliphatic heterocycles. The van der Waals surface area contributed by atoms with E-state index in [0.29, 0.717) is 25.9 Å². The molecule has 2 aliphatic rings. The Labute approximate surface area is 198 Å². The number of amides is 2. The molecule has 1 heterocycles. The minimum Gasteiger partial charge on any atom is -0.481 e. The maximum atomic E-state index is 12.2. The van der Waals surface area contributed by atoms with Crippen LogP contribution in [0.5, 0.6) is 0 Å². The lowest BCUT2D eigenvalue weighted by molar-refractivity contribution is -0.139. The maximum absolute atomic E-state index is 12.2. The van der Waals surface area contributed by atoms with Crippen molar-refractivity contribution in [1.82, 2.24) is 10.2 Å². The van der Waals surface area contributed by atoms with Gasteiger partial charge in [0.2, 0.25) is 5.91 Å². The first kappa shape index (κ1) is 23.8. The first-order chi connectivity index (χ1) is 16.5. The molecular weight excluding hydrogens is 436 g/mol. The minimum atomic E-state index is -0.794. The van der Waals surface area contributed by atoms with Crippen LogP contribution in [0, 0.1) is 5.92 Å². The van der Waals surface area contributed by atoms with Crippen LogP contribution in [0.2, 0.25) is 0 Å². The van der Waals surface area contributed by atoms with E-state index in [-0.39, 0.29) is 50.5 Å². The second-order valence-corrected chi connectivity index (χ2v) is 8.73. The smallest absolute Gasteiger partial charge is 0.407 e. The number of hydrogen-bond acceptors (Lipinski definition) is 5. The van der Waals surface area contributed by atoms with Crippen molar-refractivity contribution in [2.24, 2.45) is 5.92 Å². The molecule has 0 unspecified atom stereocenters. The average Bonchev–Trinajstić information content (AvgIpc) is 3.16. The van der Waals surface area contributed by atoms with Gasteiger partial charge in [-0.05, 0) is 41.0 Å². The minimum absolute atomic E-state index is 0.00617. The lowest BCUT2D eigenvalue weighted by atomic mass is 9.94. The molecule has 0 aromatic heterocycles. The molecule has 34 heavy (non-hydrogen) atoms. The molecule has 4 rings (SSSR count). The van der Waals surface area contributed by atoms with Crippen molar-refractivity contribution in [3.63, 3.8) is 0 Å². The number of likely N-dealkylation sites (tertiary alicyclic amines) is 1. The summed E-state index contributed by atoms with van der Waals surface area (Å²) in [7, 11) is 0. The van der Waals surface area contributed by atoms with Gasteiger partial charge in [0.1, 0.15) is 13.2 Å². The number of carbonyl (C=O) groups is 3. The van der Waals surface area contributed by atoms with E-state index < -0.39 is 12.1 Å². The van der Waals surface area contributed by atoms with Gasteiger partial charge in [0.25, 0.3) is 0 Å². The Morgan fingerprint density at radius 3 is 2.21 bits per heavy atom. The van der Waals surface area contributed by atoms with E-state index in [1.165, 1.54) is 11.1 Å². The fourth-order valence-corrected chi connectivity index (χ4v) is 4.76. The van der Waals surface area contributed by atoms with Crippen LogP contribution in [0.25, 0.3) is 11.1 Å². The van der Waals surface area contributed by atoms with Crippen molar-refractivity contribution >= 4 is 18.0 Å². The molecule has 8 heteroatoms. The molecule has 180 valence electrons. The first-order valence-electron chi connectivity index (χ1n) is 11.7. The van der Waals surface area contributed by atoms with Crippen molar-refractivity contribution in [2.45, 2.75) is 25.2 Å². The predicted molar refractivity (Wildman–Crippen MR) is 125 cm³/mol. The highest BCUT2D eigenvalue weighted by Gasteiger charge is 2.29. The van der Waals surface area contributed by atoms with Crippen LogP contribution in [-0.2, 0) is 19.1 Å². The van der Waals surface area contributed by atoms with Gasteiger partial charge >= 0.3 is 12.1 Å². The topological polar surface area (TPSA) is 105 Å². The summed E-state index contributed by atoms with van der Waals surface area (Å²) in [4.78, 5) is 36.9. The van der Waals surface area contributed by atoms with Crippen LogP contribution < -0.4 is 5.32 Å². The van der Waals surface area contributed by atoms with Crippen LogP contribution in [-0.4, -0.2) is 67.4 Å². The summed E-state index contributed by atoms with van der Waals surface area (Å²) in [5.74, 6) is -0.776. The number of carboxylic acids is 1. The van der Waals surface area contributed by atoms with E-state index in [1.54, 1.807) is 4.90 Å². The van der Waals surface area contributed by atoms with Gasteiger partial charge in [0.15, 0.2) is 0 Å². The Bertz CT molecular complexity index is 986. The molecule has 1 saturated heterocycles. The molecule has 2 aromatic rings. The third-order valence-electron chi connectivity index (χ3n) is 6.52. The van der Waals surface area contributed by atoms with Crippen LogP contribution >= 0.6 is 0 Å². The fourth-order valence-electron chi connectivity index (χ4n) is 4.76. The van der Waals surface area contributed by atoms with Gasteiger partial charge in [-0.3, -0.25) is 9.59 Å². The van der Waals surface area contributed by atoms with Crippen LogP contribution in [0.15, 0.2) is 48.5 Å². The first-order valence-corrected chi connectivity index (χ1v) is 11.7. The number of nitrogens with zero attached hydrogens (tertiary/aromatic N) is 1. The van der Waals surface area contributed by atoms with Crippen LogP contribution in [0.3, 0.4) is 0 Å². The number of hydrogen-bond donors (Lipinski definition) is 2. The third-order valence-corrected chi connectivity index (χ3v) is 6.52. The summed E-state index contributed by atoms with van der Waals surface area (Å²) in [6, 6.07) is 16.3. The van der Waals surface area contributed by atoms with Crippen LogP contribution in [0.4, 0.5) is 4.79 Å². The Morgan fingerprint density at radius 2 is 1.59 bits per heavy atom. The third kappa shape index (κ3) is 5.75. The van der Waals surface area contributed by atoms with Gasteiger partial charge in [0.05, 0.1) is 6.61 Å². The number of benzene rings is 2. The quantitative estimate of drug-likeness (QED) is 0.550. The van der Waals surface area contributed by atoms with Crippen molar-refractivity contribution < 1.29 is 29.0 Å². The number of piperidine rings is 1. The largest absolute Gasteiger partial charge is 0.481 e. The highest BCUT2D eigenvalue weighted by atomic mass is 16.5. The number of fused-ring (bicyclic) bond motifs is 3. The van der Waals surface area contributed by atoms with E-state index in [1.807, 2.05) is 24.3 Å². The molecule has 8 nitrogen and oxygen atoms in total. The summed E-state index contributed by atoms with van der Waals surface area (Å²) >= 11 is 0. The monoisotopic (exact) mass is 466 g/mol. The Balaban J connectivity index is 1.13. The van der Waals surface area contributed by atoms with Gasteiger partial charge in [-0.1, -0.05) is 48.5 Å². The molecule has 0 atom stereocenters. The van der Waals surface area contributed by atoms with Gasteiger partial charge in [-0.25, -0.2) is 4.79 Å². The summed E-state index contributed by atoms with van der Waals surface area (Å²) in [6.45, 7) is 1.74. The van der Waals surface area contributed by atoms with E-state index in [4.69, 9.17) is 14.6 Å². The summed E-state index contributed by atoms with van der Waals surface area (Å²) in [6.07, 6.45) is 1.03. The standard InChI is InChI=1S/C26H30N2O6/c29-24(28-12-9-18(10-13-28)15-25(30)31)17-33-14-11-27-26(32)34-16-23-21-7-3-1-5-19(21)20-6-2-4-8-22(20)23/h1-8,18,23H,9-17H2,(H,27,32)(H,30,31). The summed E-state index contributed by atoms with van der Waals surface area (Å²) < 4.78 is 10.9. The molecule has 0 spiro atoms. The lowest BCUT2D eigenvalue weighted by Crippen LogP contribution is -2.41. The molecule has 0 bridgehead atoms. The number of nitrogens with one attached hydrogen (secondary N) is 1. The van der Waals surface area contributed by atoms with Crippen molar-refractivity contribution in [3.05, 3.63) is 59.7 Å². The van der Waals surface area contributed by atoms with Crippen molar-refractivity contribution in [3.8, 4) is 11.1 Å². The molecule has 2 N–H and O–H groups in total. The molecule has 0 radical (unpaired) electrons. The number of carboxylic acid groups (broad SMARTS) is 1. The Morgan fingerprint density at radius 1 is 0.971 bits per heavy atom. The van der Waals surface area contributed by atoms with E-state index in [2.05, 4.69) is 29.6 Å². The fraction of sp³-hybridized carbons (Fsp3) is 0.423. The average molecular weight is 467 g/mol. The number of aliphatic carboxylic acids is 1. The van der Waals surface area contributed by atoms with Gasteiger partial charge in [-0.15, -0.1) is 0 Å². The van der Waals surface area contributed by atoms with Crippen molar-refractivity contribution in [2.75, 3.05) is 39.5 Å². The maximum Gasteiger partial charge on any atom is 0.407 e. The summed E-state index contributed by atoms with van der Waals surface area (Å²) in [5, 5.41) is 11.5. The van der Waals surface area contributed by atoms with Crippen LogP contribution in [0.1, 0.15) is 36.3 Å². The predicted octanol–water partition coefficient (Wildman–Crippen LogP) is 3.26. The zero-order valence-electron chi connectivity index (χ0n) is 19.1. The number of carbonyl (C=O) groups excluding carboxylic acids is 2. The highest BCUT2D eigenvalue weighted by Crippen LogP contribution is 2.44. The second kappa shape index (κ2) is 11.2. The molecule has 1 fully saturated rings. The Kier molecular flexibility index (Phi) is 7.80. The van der Waals surface area contributed by atoms with Crippen molar-refractivity contribution in [1.29, 1.82) is 0 Å². The van der Waals surface area contributed by atoms with E-state index in [9.17, 15) is 14.4 Å². The SMILES string of the molecule is O=C(O)CC1CCN(C(=O)COCCNC(=O)OCC2c3ccccc3-c3ccccc32)CC1. The van der Waals surface area contributed by atoms with E-state index in [0.717, 1.165) is 11.1 Å². The Hall–Kier alpha value is -3.39. The number of ether oxygens (including phenoxy) is 2. The number of alkyl carbamates (subject to hydrolysis) is 1. The zero-order chi connectivity index (χ0) is 23.9. The highest BCUT2D eigenvalue weighted by molar-refractivity contribution is 5.79. The molecule has 0 saturated carbocycles. The molecule has 1 aliphatic carbocycles. The number of rotatable bonds is 9. The molecule has 2 amide bonds. The second-order valence-electron chi connectivity index (χ2n) is 8.73.